The zero-order valence-electron chi connectivity index (χ0n) is 30.1. The smallest absolute Gasteiger partial charge is 0.349 e. The van der Waals surface area contributed by atoms with Crippen molar-refractivity contribution in [1.82, 2.24) is 0 Å². The van der Waals surface area contributed by atoms with Crippen LogP contribution in [0.4, 0.5) is 5.69 Å². The van der Waals surface area contributed by atoms with E-state index >= 15 is 0 Å². The molecule has 0 saturated carbocycles. The maximum atomic E-state index is 12.2. The number of benzene rings is 3. The Morgan fingerprint density at radius 3 is 1.53 bits per heavy atom. The van der Waals surface area contributed by atoms with Crippen LogP contribution in [0.25, 0.3) is 0 Å². The molecule has 0 aliphatic carbocycles. The highest BCUT2D eigenvalue weighted by Gasteiger charge is 2.41. The Morgan fingerprint density at radius 1 is 0.647 bits per heavy atom. The Hall–Kier alpha value is -4.94. The van der Waals surface area contributed by atoms with Crippen molar-refractivity contribution >= 4 is 29.6 Å². The van der Waals surface area contributed by atoms with E-state index in [1.807, 2.05) is 32.0 Å². The predicted molar refractivity (Wildman–Crippen MR) is 192 cm³/mol. The monoisotopic (exact) mass is 709 g/mol. The molecule has 0 amide bonds. The molecule has 0 aromatic heterocycles. The van der Waals surface area contributed by atoms with Crippen molar-refractivity contribution in [1.29, 1.82) is 0 Å². The lowest BCUT2D eigenvalue weighted by Crippen LogP contribution is -2.45. The number of carbonyl (C=O) groups excluding carboxylic acids is 2. The van der Waals surface area contributed by atoms with Crippen LogP contribution in [0.1, 0.15) is 103 Å². The Morgan fingerprint density at radius 2 is 1.10 bits per heavy atom. The molecule has 12 nitrogen and oxygen atoms in total. The van der Waals surface area contributed by atoms with Gasteiger partial charge in [0.15, 0.2) is 6.29 Å². The minimum absolute atomic E-state index is 0.0332. The lowest BCUT2D eigenvalue weighted by atomic mass is 10.1. The molecular formula is C39H51NO11. The zero-order valence-corrected chi connectivity index (χ0v) is 30.1. The summed E-state index contributed by atoms with van der Waals surface area (Å²) in [6.07, 6.45) is 2.63. The molecule has 0 radical (unpaired) electrons. The molecular weight excluding hydrogens is 658 g/mol. The number of nitrogen functional groups attached to an aromatic ring is 1. The Bertz CT molecular complexity index is 1440. The second-order valence-corrected chi connectivity index (χ2v) is 11.7. The van der Waals surface area contributed by atoms with Gasteiger partial charge in [0, 0.05) is 18.9 Å². The average molecular weight is 710 g/mol. The first-order valence-corrected chi connectivity index (χ1v) is 17.2. The molecule has 0 aliphatic rings. The number of hydrogen-bond acceptors (Lipinski definition) is 10. The van der Waals surface area contributed by atoms with Gasteiger partial charge in [-0.05, 0) is 76.6 Å². The fourth-order valence-electron chi connectivity index (χ4n) is 4.71. The number of hydrogen-bond donors (Lipinski definition) is 3. The summed E-state index contributed by atoms with van der Waals surface area (Å²) < 4.78 is 27.0. The number of carboxylic acid groups (broad SMARTS) is 2. The molecule has 2 unspecified atom stereocenters. The lowest BCUT2D eigenvalue weighted by molar-refractivity contribution is -0.166. The number of ether oxygens (including phenoxy) is 5. The summed E-state index contributed by atoms with van der Waals surface area (Å²) in [5.41, 5.74) is 9.27. The summed E-state index contributed by atoms with van der Waals surface area (Å²) in [7, 11) is 0. The van der Waals surface area contributed by atoms with Crippen LogP contribution in [0, 0.1) is 13.8 Å². The highest BCUT2D eigenvalue weighted by molar-refractivity contribution is 5.95. The molecule has 4 N–H and O–H groups in total. The summed E-state index contributed by atoms with van der Waals surface area (Å²) in [4.78, 5) is 47.3. The lowest BCUT2D eigenvalue weighted by Gasteiger charge is -2.21. The number of esters is 2. The van der Waals surface area contributed by atoms with E-state index < -0.39 is 42.4 Å². The van der Waals surface area contributed by atoms with Crippen LogP contribution in [-0.4, -0.2) is 66.1 Å². The molecule has 51 heavy (non-hydrogen) atoms. The van der Waals surface area contributed by atoms with Crippen LogP contribution in [0.3, 0.4) is 0 Å². The molecule has 0 bridgehead atoms. The van der Waals surface area contributed by atoms with E-state index in [0.29, 0.717) is 25.5 Å². The number of aliphatic carboxylic acids is 2. The third-order valence-electron chi connectivity index (χ3n) is 7.48. The van der Waals surface area contributed by atoms with Gasteiger partial charge in [-0.25, -0.2) is 19.2 Å². The van der Waals surface area contributed by atoms with Gasteiger partial charge >= 0.3 is 23.9 Å². The number of rotatable bonds is 20. The molecule has 0 aliphatic heterocycles. The fourth-order valence-corrected chi connectivity index (χ4v) is 4.71. The summed E-state index contributed by atoms with van der Waals surface area (Å²) in [6, 6.07) is 17.7. The molecule has 12 heteroatoms. The summed E-state index contributed by atoms with van der Waals surface area (Å²) >= 11 is 0. The van der Waals surface area contributed by atoms with E-state index in [1.165, 1.54) is 56.4 Å². The first kappa shape index (κ1) is 42.2. The minimum Gasteiger partial charge on any atom is -0.493 e. The maximum Gasteiger partial charge on any atom is 0.349 e. The number of aryl methyl sites for hydroxylation is 2. The SMILES string of the molecule is CCCCCCCCOc1ccc(N)cc1C(OCC)OCC.Cc1ccc(C(=O)OC(C(=O)O)C(OC(=O)c2ccc(C)cc2)C(=O)O)cc1. The quantitative estimate of drug-likeness (QED) is 0.0462. The van der Waals surface area contributed by atoms with Gasteiger partial charge in [0.25, 0.3) is 0 Å². The van der Waals surface area contributed by atoms with Gasteiger partial charge in [-0.15, -0.1) is 0 Å². The van der Waals surface area contributed by atoms with Crippen LogP contribution in [0.5, 0.6) is 5.75 Å². The van der Waals surface area contributed by atoms with Crippen molar-refractivity contribution < 1.29 is 53.1 Å². The molecule has 3 aromatic rings. The summed E-state index contributed by atoms with van der Waals surface area (Å²) in [6.45, 7) is 11.6. The third-order valence-corrected chi connectivity index (χ3v) is 7.48. The number of carbonyl (C=O) groups is 4. The van der Waals surface area contributed by atoms with Crippen LogP contribution < -0.4 is 10.5 Å². The minimum atomic E-state index is -2.22. The van der Waals surface area contributed by atoms with Gasteiger partial charge in [0.2, 0.25) is 12.2 Å². The van der Waals surface area contributed by atoms with E-state index in [2.05, 4.69) is 6.92 Å². The van der Waals surface area contributed by atoms with Crippen LogP contribution in [0.15, 0.2) is 66.7 Å². The van der Waals surface area contributed by atoms with Gasteiger partial charge in [0.05, 0.1) is 23.3 Å². The van der Waals surface area contributed by atoms with E-state index in [1.54, 1.807) is 38.1 Å². The van der Waals surface area contributed by atoms with Crippen LogP contribution in [0.2, 0.25) is 0 Å². The molecule has 3 rings (SSSR count). The first-order chi connectivity index (χ1) is 24.4. The Labute approximate surface area is 299 Å². The van der Waals surface area contributed by atoms with Gasteiger partial charge in [0.1, 0.15) is 5.75 Å². The number of nitrogens with two attached hydrogens (primary N) is 1. The topological polar surface area (TPSA) is 181 Å². The molecule has 0 spiro atoms. The molecule has 0 saturated heterocycles. The van der Waals surface area contributed by atoms with Crippen molar-refractivity contribution in [3.05, 3.63) is 94.5 Å². The van der Waals surface area contributed by atoms with Crippen molar-refractivity contribution in [3.8, 4) is 5.75 Å². The van der Waals surface area contributed by atoms with Crippen molar-refractivity contribution in [2.45, 2.75) is 91.6 Å². The average Bonchev–Trinajstić information content (AvgIpc) is 3.10. The van der Waals surface area contributed by atoms with Crippen LogP contribution >= 0.6 is 0 Å². The fraction of sp³-hybridized carbons (Fsp3) is 0.436. The van der Waals surface area contributed by atoms with Gasteiger partial charge < -0.3 is 39.6 Å². The van der Waals surface area contributed by atoms with Gasteiger partial charge in [-0.3, -0.25) is 0 Å². The zero-order chi connectivity index (χ0) is 37.8. The van der Waals surface area contributed by atoms with E-state index in [-0.39, 0.29) is 11.1 Å². The predicted octanol–water partition coefficient (Wildman–Crippen LogP) is 7.30. The largest absolute Gasteiger partial charge is 0.493 e. The Balaban J connectivity index is 0.000000361. The maximum absolute atomic E-state index is 12.2. The number of anilines is 1. The highest BCUT2D eigenvalue weighted by Crippen LogP contribution is 2.31. The van der Waals surface area contributed by atoms with Gasteiger partial charge in [-0.1, -0.05) is 74.4 Å². The molecule has 0 fully saturated rings. The van der Waals surface area contributed by atoms with E-state index in [4.69, 9.17) is 29.4 Å². The highest BCUT2D eigenvalue weighted by atomic mass is 16.7. The Kier molecular flexibility index (Phi) is 18.8. The second-order valence-electron chi connectivity index (χ2n) is 11.7. The summed E-state index contributed by atoms with van der Waals surface area (Å²) in [5.74, 6) is -4.82. The van der Waals surface area contributed by atoms with E-state index in [0.717, 1.165) is 28.9 Å². The van der Waals surface area contributed by atoms with Crippen molar-refractivity contribution in [3.63, 3.8) is 0 Å². The van der Waals surface area contributed by atoms with Crippen molar-refractivity contribution in [2.75, 3.05) is 25.6 Å². The van der Waals surface area contributed by atoms with E-state index in [9.17, 15) is 29.4 Å². The number of unbranched alkanes of at least 4 members (excludes halogenated alkanes) is 5. The van der Waals surface area contributed by atoms with Crippen LogP contribution in [-0.2, 0) is 28.5 Å². The molecule has 2 atom stereocenters. The molecule has 3 aromatic carbocycles. The number of carboxylic acids is 2. The standard InChI is InChI=1S/C20H18O8.C19H33NO3/c1-11-3-7-13(8-4-11)19(25)27-15(17(21)22)16(18(23)24)28-20(26)14-9-5-12(2)6-10-14;1-4-7-8-9-10-11-14-23-18-13-12-16(20)15-17(18)19(21-5-2)22-6-3/h3-10,15-16H,1-2H3,(H,21,22)(H,23,24);12-13,15,19H,4-11,14,20H2,1-3H3. The third kappa shape index (κ3) is 14.8. The first-order valence-electron chi connectivity index (χ1n) is 17.2. The summed E-state index contributed by atoms with van der Waals surface area (Å²) in [5, 5.41) is 18.6. The molecule has 278 valence electrons. The second kappa shape index (κ2) is 22.7. The van der Waals surface area contributed by atoms with Gasteiger partial charge in [-0.2, -0.15) is 0 Å². The molecule has 0 heterocycles. The van der Waals surface area contributed by atoms with Crippen molar-refractivity contribution in [2.24, 2.45) is 0 Å². The normalized spacial score (nSPS) is 11.9.